The minimum absolute atomic E-state index is 0.146. The van der Waals surface area contributed by atoms with E-state index >= 15 is 0 Å². The average Bonchev–Trinajstić information content (AvgIpc) is 2.73. The average molecular weight is 483 g/mol. The summed E-state index contributed by atoms with van der Waals surface area (Å²) >= 11 is 12.2. The fraction of sp³-hybridized carbons (Fsp3) is 0.0952. The van der Waals surface area contributed by atoms with Crippen LogP contribution >= 0.6 is 23.2 Å². The van der Waals surface area contributed by atoms with Crippen molar-refractivity contribution in [3.05, 3.63) is 82.0 Å². The number of benzene rings is 2. The fourth-order valence-corrected chi connectivity index (χ4v) is 3.11. The molecule has 3 aromatic rings. The van der Waals surface area contributed by atoms with Crippen molar-refractivity contribution in [3.8, 4) is 0 Å². The summed E-state index contributed by atoms with van der Waals surface area (Å²) in [7, 11) is 0. The molecule has 0 saturated carbocycles. The lowest BCUT2D eigenvalue weighted by Crippen LogP contribution is -2.31. The zero-order chi connectivity index (χ0) is 23.5. The first-order valence-electron chi connectivity index (χ1n) is 9.00. The molecule has 0 bridgehead atoms. The molecule has 3 rings (SSSR count). The zero-order valence-electron chi connectivity index (χ0n) is 16.2. The number of nitrogens with one attached hydrogen (secondary N) is 1. The van der Waals surface area contributed by atoms with Crippen molar-refractivity contribution in [1.29, 1.82) is 0 Å². The quantitative estimate of drug-likeness (QED) is 0.499. The Hall–Kier alpha value is -3.30. The van der Waals surface area contributed by atoms with E-state index in [2.05, 4.69) is 10.3 Å². The monoisotopic (exact) mass is 482 g/mol. The Morgan fingerprint density at radius 1 is 1.03 bits per heavy atom. The Labute approximate surface area is 190 Å². The first kappa shape index (κ1) is 23.4. The Kier molecular flexibility index (Phi) is 6.90. The number of rotatable bonds is 6. The molecule has 0 saturated heterocycles. The summed E-state index contributed by atoms with van der Waals surface area (Å²) in [4.78, 5) is 29.8. The lowest BCUT2D eigenvalue weighted by atomic mass is 10.1. The summed E-state index contributed by atoms with van der Waals surface area (Å²) < 4.78 is 38.1. The highest BCUT2D eigenvalue weighted by molar-refractivity contribution is 6.33. The summed E-state index contributed by atoms with van der Waals surface area (Å²) in [5, 5.41) is 3.11. The molecule has 11 heteroatoms. The molecule has 0 fully saturated rings. The Morgan fingerprint density at radius 2 is 1.72 bits per heavy atom. The molecule has 2 aromatic carbocycles. The molecule has 0 spiro atoms. The minimum Gasteiger partial charge on any atom is -0.368 e. The van der Waals surface area contributed by atoms with Crippen LogP contribution in [0.4, 0.5) is 30.4 Å². The summed E-state index contributed by atoms with van der Waals surface area (Å²) in [5.41, 5.74) is 5.12. The third-order valence-corrected chi connectivity index (χ3v) is 4.81. The summed E-state index contributed by atoms with van der Waals surface area (Å²) in [6.07, 6.45) is -3.10. The standard InChI is InChI=1S/C21H15Cl2F3N4O2/c22-14-4-8-19(28-10-14)30(11-18(27)31)17-9-12(1-7-16(17)23)20(32)29-15-5-2-13(3-6-15)21(24,25)26/h1-10H,11H2,(H2,27,31)(H,29,32). The first-order valence-corrected chi connectivity index (χ1v) is 9.76. The second-order valence-electron chi connectivity index (χ2n) is 6.58. The van der Waals surface area contributed by atoms with Crippen molar-refractivity contribution in [3.63, 3.8) is 0 Å². The van der Waals surface area contributed by atoms with E-state index in [1.807, 2.05) is 0 Å². The van der Waals surface area contributed by atoms with E-state index < -0.39 is 23.6 Å². The molecule has 0 atom stereocenters. The molecular formula is C21H15Cl2F3N4O2. The number of primary amides is 1. The fourth-order valence-electron chi connectivity index (χ4n) is 2.78. The number of amides is 2. The van der Waals surface area contributed by atoms with E-state index in [0.29, 0.717) is 10.8 Å². The summed E-state index contributed by atoms with van der Waals surface area (Å²) in [5.74, 6) is -0.946. The van der Waals surface area contributed by atoms with Gasteiger partial charge in [-0.1, -0.05) is 23.2 Å². The van der Waals surface area contributed by atoms with Gasteiger partial charge in [-0.2, -0.15) is 13.2 Å². The molecule has 166 valence electrons. The maximum atomic E-state index is 12.7. The van der Waals surface area contributed by atoms with Crippen molar-refractivity contribution in [2.75, 3.05) is 16.8 Å². The maximum Gasteiger partial charge on any atom is 0.416 e. The molecule has 0 unspecified atom stereocenters. The summed E-state index contributed by atoms with van der Waals surface area (Å²) in [6, 6.07) is 11.4. The number of hydrogen-bond donors (Lipinski definition) is 2. The van der Waals surface area contributed by atoms with E-state index in [1.165, 1.54) is 29.3 Å². The predicted octanol–water partition coefficient (Wildman–Crippen LogP) is 5.28. The number of nitrogens with zero attached hydrogens (tertiary/aromatic N) is 2. The topological polar surface area (TPSA) is 88.3 Å². The first-order chi connectivity index (χ1) is 15.0. The van der Waals surface area contributed by atoms with Crippen LogP contribution in [0.15, 0.2) is 60.8 Å². The predicted molar refractivity (Wildman–Crippen MR) is 116 cm³/mol. The van der Waals surface area contributed by atoms with Crippen LogP contribution in [0.1, 0.15) is 15.9 Å². The number of carbonyl (C=O) groups excluding carboxylic acids is 2. The van der Waals surface area contributed by atoms with Gasteiger partial charge in [-0.05, 0) is 54.6 Å². The molecule has 0 aliphatic carbocycles. The number of alkyl halides is 3. The van der Waals surface area contributed by atoms with Crippen molar-refractivity contribution in [2.24, 2.45) is 5.73 Å². The highest BCUT2D eigenvalue weighted by Gasteiger charge is 2.30. The second kappa shape index (κ2) is 9.46. The van der Waals surface area contributed by atoms with E-state index in [4.69, 9.17) is 28.9 Å². The van der Waals surface area contributed by atoms with Gasteiger partial charge in [-0.25, -0.2) is 4.98 Å². The Balaban J connectivity index is 1.89. The third kappa shape index (κ3) is 5.68. The SMILES string of the molecule is NC(=O)CN(c1ccc(Cl)cn1)c1cc(C(=O)Nc2ccc(C(F)(F)F)cc2)ccc1Cl. The molecule has 2 amide bonds. The van der Waals surface area contributed by atoms with Gasteiger partial charge in [0.2, 0.25) is 5.91 Å². The van der Waals surface area contributed by atoms with Crippen molar-refractivity contribution < 1.29 is 22.8 Å². The van der Waals surface area contributed by atoms with E-state index in [9.17, 15) is 22.8 Å². The highest BCUT2D eigenvalue weighted by atomic mass is 35.5. The van der Waals surface area contributed by atoms with Gasteiger partial charge in [0.1, 0.15) is 12.4 Å². The van der Waals surface area contributed by atoms with E-state index in [-0.39, 0.29) is 28.5 Å². The van der Waals surface area contributed by atoms with Crippen LogP contribution < -0.4 is 16.0 Å². The number of nitrogens with two attached hydrogens (primary N) is 1. The van der Waals surface area contributed by atoms with Crippen molar-refractivity contribution in [1.82, 2.24) is 4.98 Å². The number of carbonyl (C=O) groups is 2. The lowest BCUT2D eigenvalue weighted by Gasteiger charge is -2.24. The molecule has 0 aliphatic rings. The number of anilines is 3. The van der Waals surface area contributed by atoms with Gasteiger partial charge in [-0.3, -0.25) is 9.59 Å². The largest absolute Gasteiger partial charge is 0.416 e. The lowest BCUT2D eigenvalue weighted by molar-refractivity contribution is -0.137. The van der Waals surface area contributed by atoms with Gasteiger partial charge in [0.15, 0.2) is 0 Å². The molecular weight excluding hydrogens is 468 g/mol. The second-order valence-corrected chi connectivity index (χ2v) is 7.43. The number of pyridine rings is 1. The minimum atomic E-state index is -4.48. The highest BCUT2D eigenvalue weighted by Crippen LogP contribution is 2.33. The zero-order valence-corrected chi connectivity index (χ0v) is 17.7. The summed E-state index contributed by atoms with van der Waals surface area (Å²) in [6.45, 7) is -0.279. The van der Waals surface area contributed by atoms with Gasteiger partial charge in [0.05, 0.1) is 21.3 Å². The third-order valence-electron chi connectivity index (χ3n) is 4.27. The van der Waals surface area contributed by atoms with Gasteiger partial charge in [0.25, 0.3) is 5.91 Å². The van der Waals surface area contributed by atoms with E-state index in [0.717, 1.165) is 24.3 Å². The van der Waals surface area contributed by atoms with Crippen LogP contribution in [0.2, 0.25) is 10.0 Å². The molecule has 1 heterocycles. The molecule has 1 aromatic heterocycles. The molecule has 0 radical (unpaired) electrons. The normalized spacial score (nSPS) is 11.2. The number of halogens is 5. The maximum absolute atomic E-state index is 12.7. The number of aromatic nitrogens is 1. The van der Waals surface area contributed by atoms with Gasteiger partial charge in [-0.15, -0.1) is 0 Å². The molecule has 3 N–H and O–H groups in total. The van der Waals surface area contributed by atoms with Crippen LogP contribution in [-0.4, -0.2) is 23.3 Å². The number of hydrogen-bond acceptors (Lipinski definition) is 4. The molecule has 32 heavy (non-hydrogen) atoms. The van der Waals surface area contributed by atoms with Crippen LogP contribution in [0.5, 0.6) is 0 Å². The van der Waals surface area contributed by atoms with E-state index in [1.54, 1.807) is 12.1 Å². The van der Waals surface area contributed by atoms with Crippen LogP contribution in [0.3, 0.4) is 0 Å². The van der Waals surface area contributed by atoms with Crippen molar-refractivity contribution in [2.45, 2.75) is 6.18 Å². The van der Waals surface area contributed by atoms with Gasteiger partial charge < -0.3 is 16.0 Å². The van der Waals surface area contributed by atoms with Gasteiger partial charge in [0, 0.05) is 17.4 Å². The molecule has 0 aliphatic heterocycles. The smallest absolute Gasteiger partial charge is 0.368 e. The van der Waals surface area contributed by atoms with Gasteiger partial charge >= 0.3 is 6.18 Å². The Morgan fingerprint density at radius 3 is 2.28 bits per heavy atom. The van der Waals surface area contributed by atoms with Crippen LogP contribution in [-0.2, 0) is 11.0 Å². The van der Waals surface area contributed by atoms with Crippen LogP contribution in [0.25, 0.3) is 0 Å². The Bertz CT molecular complexity index is 1140. The molecule has 6 nitrogen and oxygen atoms in total. The van der Waals surface area contributed by atoms with Crippen molar-refractivity contribution >= 4 is 52.2 Å². The van der Waals surface area contributed by atoms with Crippen LogP contribution in [0, 0.1) is 0 Å².